The van der Waals surface area contributed by atoms with E-state index < -0.39 is 0 Å². The lowest BCUT2D eigenvalue weighted by atomic mass is 9.86. The number of aromatic hydroxyl groups is 1. The Balaban J connectivity index is 1.93. The third kappa shape index (κ3) is 3.71. The fourth-order valence-corrected chi connectivity index (χ4v) is 2.89. The quantitative estimate of drug-likeness (QED) is 0.783. The Hall–Kier alpha value is -1.06. The van der Waals surface area contributed by atoms with Crippen LogP contribution in [0.4, 0.5) is 0 Å². The van der Waals surface area contributed by atoms with Gasteiger partial charge in [-0.15, -0.1) is 0 Å². The molecule has 3 N–H and O–H groups in total. The molecule has 1 aromatic rings. The van der Waals surface area contributed by atoms with Crippen molar-refractivity contribution in [2.24, 2.45) is 5.92 Å². The second-order valence-electron chi connectivity index (χ2n) is 5.80. The molecule has 106 valence electrons. The lowest BCUT2D eigenvalue weighted by Crippen LogP contribution is -2.34. The lowest BCUT2D eigenvalue weighted by molar-refractivity contribution is 0.0684. The van der Waals surface area contributed by atoms with Crippen LogP contribution < -0.4 is 5.32 Å². The van der Waals surface area contributed by atoms with Crippen molar-refractivity contribution in [2.75, 3.05) is 6.54 Å². The van der Waals surface area contributed by atoms with Gasteiger partial charge in [0.05, 0.1) is 6.10 Å². The van der Waals surface area contributed by atoms with E-state index in [1.54, 1.807) is 6.07 Å². The molecule has 3 nitrogen and oxygen atoms in total. The van der Waals surface area contributed by atoms with Gasteiger partial charge in [-0.3, -0.25) is 0 Å². The van der Waals surface area contributed by atoms with Gasteiger partial charge in [-0.25, -0.2) is 0 Å². The molecule has 1 aliphatic rings. The Bertz CT molecular complexity index is 419. The minimum absolute atomic E-state index is 0.106. The predicted molar refractivity (Wildman–Crippen MR) is 77.2 cm³/mol. The van der Waals surface area contributed by atoms with E-state index >= 15 is 0 Å². The number of aryl methyl sites for hydroxylation is 1. The first kappa shape index (κ1) is 14.4. The van der Waals surface area contributed by atoms with Gasteiger partial charge in [-0.1, -0.05) is 30.5 Å². The number of aliphatic hydroxyl groups excluding tert-OH is 1. The normalized spacial score (nSPS) is 25.2. The van der Waals surface area contributed by atoms with Crippen molar-refractivity contribution in [3.05, 3.63) is 29.3 Å². The summed E-state index contributed by atoms with van der Waals surface area (Å²) >= 11 is 0. The second kappa shape index (κ2) is 6.40. The van der Waals surface area contributed by atoms with Crippen LogP contribution in [-0.2, 0) is 0 Å². The zero-order valence-electron chi connectivity index (χ0n) is 11.9. The molecule has 0 bridgehead atoms. The molecule has 0 spiro atoms. The molecule has 0 heterocycles. The number of aliphatic hydroxyl groups is 1. The minimum Gasteiger partial charge on any atom is -0.508 e. The second-order valence-corrected chi connectivity index (χ2v) is 5.80. The first-order valence-electron chi connectivity index (χ1n) is 7.29. The summed E-state index contributed by atoms with van der Waals surface area (Å²) in [6.45, 7) is 4.90. The Kier molecular flexibility index (Phi) is 4.83. The van der Waals surface area contributed by atoms with Crippen LogP contribution in [0.15, 0.2) is 18.2 Å². The smallest absolute Gasteiger partial charge is 0.120 e. The van der Waals surface area contributed by atoms with Gasteiger partial charge in [-0.2, -0.15) is 0 Å². The Morgan fingerprint density at radius 2 is 2.05 bits per heavy atom. The van der Waals surface area contributed by atoms with Crippen LogP contribution in [0.2, 0.25) is 0 Å². The van der Waals surface area contributed by atoms with Crippen molar-refractivity contribution in [3.63, 3.8) is 0 Å². The first-order valence-corrected chi connectivity index (χ1v) is 7.29. The number of hydrogen-bond donors (Lipinski definition) is 3. The Labute approximate surface area is 115 Å². The SMILES string of the molecule is Cc1ccc(O)c(C(C)NCC2CCCCC2O)c1. The van der Waals surface area contributed by atoms with Crippen LogP contribution in [0.5, 0.6) is 5.75 Å². The predicted octanol–water partition coefficient (Wildman–Crippen LogP) is 2.90. The van der Waals surface area contributed by atoms with E-state index in [1.807, 2.05) is 19.1 Å². The molecule has 0 saturated heterocycles. The molecule has 2 rings (SSSR count). The van der Waals surface area contributed by atoms with Crippen LogP contribution in [0.1, 0.15) is 49.8 Å². The standard InChI is InChI=1S/C16H25NO2/c1-11-7-8-16(19)14(9-11)12(2)17-10-13-5-3-4-6-15(13)18/h7-9,12-13,15,17-19H,3-6,10H2,1-2H3. The first-order chi connectivity index (χ1) is 9.08. The van der Waals surface area contributed by atoms with E-state index in [0.717, 1.165) is 36.9 Å². The highest BCUT2D eigenvalue weighted by Gasteiger charge is 2.23. The summed E-state index contributed by atoms with van der Waals surface area (Å²) in [7, 11) is 0. The van der Waals surface area contributed by atoms with E-state index in [4.69, 9.17) is 0 Å². The largest absolute Gasteiger partial charge is 0.508 e. The van der Waals surface area contributed by atoms with Gasteiger partial charge in [0.15, 0.2) is 0 Å². The minimum atomic E-state index is -0.167. The summed E-state index contributed by atoms with van der Waals surface area (Å²) in [6.07, 6.45) is 4.22. The molecule has 0 aliphatic heterocycles. The highest BCUT2D eigenvalue weighted by Crippen LogP contribution is 2.27. The summed E-state index contributed by atoms with van der Waals surface area (Å²) in [5.41, 5.74) is 2.09. The average Bonchev–Trinajstić information content (AvgIpc) is 2.40. The third-order valence-corrected chi connectivity index (χ3v) is 4.20. The molecular formula is C16H25NO2. The zero-order chi connectivity index (χ0) is 13.8. The van der Waals surface area contributed by atoms with Crippen molar-refractivity contribution in [2.45, 2.75) is 51.7 Å². The van der Waals surface area contributed by atoms with Crippen molar-refractivity contribution < 1.29 is 10.2 Å². The fraction of sp³-hybridized carbons (Fsp3) is 0.625. The molecule has 0 amide bonds. The number of hydrogen-bond acceptors (Lipinski definition) is 3. The highest BCUT2D eigenvalue weighted by molar-refractivity contribution is 5.37. The molecular weight excluding hydrogens is 238 g/mol. The molecule has 0 radical (unpaired) electrons. The lowest BCUT2D eigenvalue weighted by Gasteiger charge is -2.29. The number of rotatable bonds is 4. The summed E-state index contributed by atoms with van der Waals surface area (Å²) < 4.78 is 0. The van der Waals surface area contributed by atoms with E-state index in [-0.39, 0.29) is 12.1 Å². The fourth-order valence-electron chi connectivity index (χ4n) is 2.89. The number of benzene rings is 1. The molecule has 1 aliphatic carbocycles. The molecule has 1 fully saturated rings. The Morgan fingerprint density at radius 1 is 1.32 bits per heavy atom. The summed E-state index contributed by atoms with van der Waals surface area (Å²) in [5.74, 6) is 0.693. The van der Waals surface area contributed by atoms with E-state index in [0.29, 0.717) is 11.7 Å². The molecule has 3 atom stereocenters. The third-order valence-electron chi connectivity index (χ3n) is 4.20. The van der Waals surface area contributed by atoms with Crippen LogP contribution in [-0.4, -0.2) is 22.9 Å². The van der Waals surface area contributed by atoms with Gasteiger partial charge in [0.2, 0.25) is 0 Å². The molecule has 3 heteroatoms. The van der Waals surface area contributed by atoms with E-state index in [2.05, 4.69) is 12.2 Å². The summed E-state index contributed by atoms with van der Waals surface area (Å²) in [4.78, 5) is 0. The molecule has 1 aromatic carbocycles. The van der Waals surface area contributed by atoms with Gasteiger partial charge in [-0.05, 0) is 38.7 Å². The van der Waals surface area contributed by atoms with Gasteiger partial charge in [0.25, 0.3) is 0 Å². The van der Waals surface area contributed by atoms with Crippen molar-refractivity contribution >= 4 is 0 Å². The zero-order valence-corrected chi connectivity index (χ0v) is 11.9. The van der Waals surface area contributed by atoms with Crippen LogP contribution >= 0.6 is 0 Å². The van der Waals surface area contributed by atoms with Gasteiger partial charge >= 0.3 is 0 Å². The van der Waals surface area contributed by atoms with Gasteiger partial charge in [0.1, 0.15) is 5.75 Å². The van der Waals surface area contributed by atoms with Crippen molar-refractivity contribution in [1.82, 2.24) is 5.32 Å². The number of nitrogens with one attached hydrogen (secondary N) is 1. The van der Waals surface area contributed by atoms with Crippen LogP contribution in [0, 0.1) is 12.8 Å². The van der Waals surface area contributed by atoms with Gasteiger partial charge in [0, 0.05) is 18.2 Å². The van der Waals surface area contributed by atoms with Crippen molar-refractivity contribution in [3.8, 4) is 5.75 Å². The molecule has 1 saturated carbocycles. The monoisotopic (exact) mass is 263 g/mol. The van der Waals surface area contributed by atoms with Crippen molar-refractivity contribution in [1.29, 1.82) is 0 Å². The topological polar surface area (TPSA) is 52.5 Å². The highest BCUT2D eigenvalue weighted by atomic mass is 16.3. The molecule has 19 heavy (non-hydrogen) atoms. The molecule has 0 aromatic heterocycles. The average molecular weight is 263 g/mol. The molecule has 3 unspecified atom stereocenters. The number of phenols is 1. The summed E-state index contributed by atoms with van der Waals surface area (Å²) in [5, 5.41) is 23.3. The van der Waals surface area contributed by atoms with Gasteiger partial charge < -0.3 is 15.5 Å². The van der Waals surface area contributed by atoms with Crippen LogP contribution in [0.3, 0.4) is 0 Å². The van der Waals surface area contributed by atoms with Crippen LogP contribution in [0.25, 0.3) is 0 Å². The number of phenolic OH excluding ortho intramolecular Hbond substituents is 1. The summed E-state index contributed by atoms with van der Waals surface area (Å²) in [6, 6.07) is 5.79. The Morgan fingerprint density at radius 3 is 2.79 bits per heavy atom. The maximum Gasteiger partial charge on any atom is 0.120 e. The van der Waals surface area contributed by atoms with E-state index in [9.17, 15) is 10.2 Å². The maximum absolute atomic E-state index is 9.96. The maximum atomic E-state index is 9.96. The van der Waals surface area contributed by atoms with E-state index in [1.165, 1.54) is 6.42 Å².